The highest BCUT2D eigenvalue weighted by atomic mass is 35.5. The largest absolute Gasteiger partial charge is 0.430 e. The van der Waals surface area contributed by atoms with Crippen LogP contribution in [0.3, 0.4) is 0 Å². The first-order chi connectivity index (χ1) is 16.4. The van der Waals surface area contributed by atoms with E-state index in [9.17, 15) is 14.4 Å². The minimum absolute atomic E-state index is 0.0444. The summed E-state index contributed by atoms with van der Waals surface area (Å²) in [6, 6.07) is 13.8. The molecule has 12 heteroatoms. The Balaban J connectivity index is 1.67. The fourth-order valence-electron chi connectivity index (χ4n) is 3.01. The average molecular weight is 499 g/mol. The number of nitrogens with zero attached hydrogens (tertiary/aromatic N) is 5. The summed E-state index contributed by atoms with van der Waals surface area (Å²) in [6.07, 6.45) is 1.60. The zero-order valence-electron chi connectivity index (χ0n) is 18.0. The van der Waals surface area contributed by atoms with E-state index >= 15 is 0 Å². The molecule has 4 aromatic rings. The molecule has 2 aromatic heterocycles. The van der Waals surface area contributed by atoms with E-state index in [1.165, 1.54) is 10.9 Å². The highest BCUT2D eigenvalue weighted by molar-refractivity contribution is 7.07. The van der Waals surface area contributed by atoms with Crippen LogP contribution in [0.4, 0.5) is 11.6 Å². The van der Waals surface area contributed by atoms with Crippen molar-refractivity contribution in [2.24, 2.45) is 0 Å². The molecule has 2 aromatic carbocycles. The number of carbonyl (C=O) groups is 1. The van der Waals surface area contributed by atoms with Crippen LogP contribution < -0.4 is 21.4 Å². The third-order valence-electron chi connectivity index (χ3n) is 4.79. The Morgan fingerprint density at radius 2 is 1.82 bits per heavy atom. The molecule has 0 atom stereocenters. The molecule has 0 unspecified atom stereocenters. The number of Topliss-reactive ketones (excluding diaryl/α,β-unsaturated/α-hetero) is 1. The van der Waals surface area contributed by atoms with Crippen LogP contribution in [0.2, 0.25) is 5.02 Å². The van der Waals surface area contributed by atoms with Crippen LogP contribution in [0.1, 0.15) is 18.9 Å². The second kappa shape index (κ2) is 10.4. The molecule has 0 aliphatic rings. The Morgan fingerprint density at radius 3 is 2.47 bits per heavy atom. The van der Waals surface area contributed by atoms with Crippen molar-refractivity contribution < 1.29 is 9.53 Å². The van der Waals surface area contributed by atoms with Gasteiger partial charge in [-0.1, -0.05) is 30.7 Å². The van der Waals surface area contributed by atoms with Crippen molar-refractivity contribution >= 4 is 40.6 Å². The first-order valence-electron chi connectivity index (χ1n) is 10.2. The van der Waals surface area contributed by atoms with Crippen molar-refractivity contribution in [2.45, 2.75) is 26.4 Å². The van der Waals surface area contributed by atoms with Gasteiger partial charge in [0.2, 0.25) is 5.95 Å². The third kappa shape index (κ3) is 5.56. The predicted molar refractivity (Wildman–Crippen MR) is 128 cm³/mol. The highest BCUT2D eigenvalue weighted by Gasteiger charge is 2.16. The molecule has 4 rings (SSSR count). The van der Waals surface area contributed by atoms with Crippen molar-refractivity contribution in [3.63, 3.8) is 0 Å². The number of aromatic nitrogens is 5. The highest BCUT2D eigenvalue weighted by Crippen LogP contribution is 2.24. The summed E-state index contributed by atoms with van der Waals surface area (Å²) in [5.74, 6) is 0.344. The molecule has 1 N–H and O–H groups in total. The van der Waals surface area contributed by atoms with Gasteiger partial charge in [-0.05, 0) is 42.0 Å². The molecule has 0 saturated carbocycles. The second-order valence-electron chi connectivity index (χ2n) is 7.15. The maximum atomic E-state index is 13.2. The van der Waals surface area contributed by atoms with Crippen LogP contribution in [-0.4, -0.2) is 29.3 Å². The van der Waals surface area contributed by atoms with Crippen LogP contribution in [0.5, 0.6) is 10.9 Å². The molecule has 2 heterocycles. The summed E-state index contributed by atoms with van der Waals surface area (Å²) in [6.45, 7) is 1.45. The lowest BCUT2D eigenvalue weighted by molar-refractivity contribution is -0.119. The van der Waals surface area contributed by atoms with Crippen LogP contribution in [-0.2, 0) is 17.9 Å². The van der Waals surface area contributed by atoms with Gasteiger partial charge in [0.1, 0.15) is 12.1 Å². The summed E-state index contributed by atoms with van der Waals surface area (Å²) in [5.41, 5.74) is -0.110. The normalized spacial score (nSPS) is 10.8. The van der Waals surface area contributed by atoms with Crippen LogP contribution in [0.25, 0.3) is 0 Å². The fraction of sp³-hybridized carbons (Fsp3) is 0.182. The van der Waals surface area contributed by atoms with Gasteiger partial charge in [-0.25, -0.2) is 14.2 Å². The van der Waals surface area contributed by atoms with Gasteiger partial charge in [-0.2, -0.15) is 14.3 Å². The monoisotopic (exact) mass is 498 g/mol. The van der Waals surface area contributed by atoms with Crippen molar-refractivity contribution in [1.82, 2.24) is 23.5 Å². The first kappa shape index (κ1) is 23.3. The van der Waals surface area contributed by atoms with Crippen LogP contribution in [0.15, 0.2) is 64.4 Å². The molecule has 0 fully saturated rings. The van der Waals surface area contributed by atoms with Gasteiger partial charge in [0, 0.05) is 28.7 Å². The number of halogens is 1. The quantitative estimate of drug-likeness (QED) is 0.372. The molecule has 0 aliphatic carbocycles. The topological polar surface area (TPSA) is 121 Å². The van der Waals surface area contributed by atoms with E-state index < -0.39 is 11.4 Å². The maximum Gasteiger partial charge on any atom is 0.355 e. The van der Waals surface area contributed by atoms with E-state index in [-0.39, 0.29) is 31.2 Å². The molecule has 174 valence electrons. The summed E-state index contributed by atoms with van der Waals surface area (Å²) >= 11 is 7.09. The number of rotatable bonds is 9. The zero-order valence-corrected chi connectivity index (χ0v) is 19.5. The Labute approximate surface area is 202 Å². The Bertz CT molecular complexity index is 1400. The van der Waals surface area contributed by atoms with E-state index in [0.29, 0.717) is 21.7 Å². The van der Waals surface area contributed by atoms with Gasteiger partial charge in [0.05, 0.1) is 13.1 Å². The molecule has 34 heavy (non-hydrogen) atoms. The SMILES string of the molecule is CCC(=O)Cn1c(=O)nc(Nc2ccc(Oc3ncns3)cc2)n(Cc2ccc(Cl)cc2)c1=O. The number of nitrogens with one attached hydrogen (secondary N) is 1. The summed E-state index contributed by atoms with van der Waals surface area (Å²) in [7, 11) is 0. The lowest BCUT2D eigenvalue weighted by Crippen LogP contribution is -2.44. The number of ether oxygens (including phenoxy) is 1. The summed E-state index contributed by atoms with van der Waals surface area (Å²) < 4.78 is 11.6. The summed E-state index contributed by atoms with van der Waals surface area (Å²) in [5, 5.41) is 3.98. The van der Waals surface area contributed by atoms with E-state index in [2.05, 4.69) is 19.7 Å². The lowest BCUT2D eigenvalue weighted by atomic mass is 10.2. The molecule has 0 saturated heterocycles. The Hall–Kier alpha value is -3.83. The standard InChI is InChI=1S/C22H19ClN6O4S/c1-2-17(30)12-29-20(31)27-19(28(22(29)32)11-14-3-5-15(23)6-4-14)26-16-7-9-18(10-8-16)33-21-24-13-25-34-21/h3-10,13H,2,11-12H2,1H3,(H,26,27,31). The number of benzene rings is 2. The number of hydrogen-bond acceptors (Lipinski definition) is 9. The van der Waals surface area contributed by atoms with Gasteiger partial charge in [0.15, 0.2) is 5.78 Å². The number of carbonyl (C=O) groups excluding carboxylic acids is 1. The lowest BCUT2D eigenvalue weighted by Gasteiger charge is -2.15. The molecule has 10 nitrogen and oxygen atoms in total. The number of hydrogen-bond donors (Lipinski definition) is 1. The van der Waals surface area contributed by atoms with Gasteiger partial charge >= 0.3 is 11.4 Å². The minimum Gasteiger partial charge on any atom is -0.430 e. The van der Waals surface area contributed by atoms with Crippen molar-refractivity contribution in [2.75, 3.05) is 5.32 Å². The van der Waals surface area contributed by atoms with E-state index in [1.54, 1.807) is 55.5 Å². The van der Waals surface area contributed by atoms with Crippen LogP contribution >= 0.6 is 23.1 Å². The van der Waals surface area contributed by atoms with Gasteiger partial charge in [-0.3, -0.25) is 9.36 Å². The smallest absolute Gasteiger partial charge is 0.355 e. The minimum atomic E-state index is -0.808. The van der Waals surface area contributed by atoms with Crippen molar-refractivity contribution in [1.29, 1.82) is 0 Å². The molecular weight excluding hydrogens is 480 g/mol. The van der Waals surface area contributed by atoms with Gasteiger partial charge < -0.3 is 10.1 Å². The van der Waals surface area contributed by atoms with Gasteiger partial charge in [-0.15, -0.1) is 0 Å². The second-order valence-corrected chi connectivity index (χ2v) is 8.33. The van der Waals surface area contributed by atoms with E-state index in [0.717, 1.165) is 21.7 Å². The third-order valence-corrected chi connectivity index (χ3v) is 5.59. The molecule has 0 radical (unpaired) electrons. The molecule has 0 aliphatic heterocycles. The maximum absolute atomic E-state index is 13.2. The Morgan fingerprint density at radius 1 is 1.09 bits per heavy atom. The number of anilines is 2. The van der Waals surface area contributed by atoms with E-state index in [4.69, 9.17) is 16.3 Å². The molecular formula is C22H19ClN6O4S. The summed E-state index contributed by atoms with van der Waals surface area (Å²) in [4.78, 5) is 45.7. The molecule has 0 amide bonds. The average Bonchev–Trinajstić information content (AvgIpc) is 3.34. The van der Waals surface area contributed by atoms with Gasteiger partial charge in [0.25, 0.3) is 5.19 Å². The first-order valence-corrected chi connectivity index (χ1v) is 11.4. The van der Waals surface area contributed by atoms with E-state index in [1.807, 2.05) is 0 Å². The molecule has 0 bridgehead atoms. The zero-order chi connectivity index (χ0) is 24.1. The fourth-order valence-corrected chi connectivity index (χ4v) is 3.55. The molecule has 0 spiro atoms. The predicted octanol–water partition coefficient (Wildman–Crippen LogP) is 3.47. The Kier molecular flexibility index (Phi) is 7.14. The van der Waals surface area contributed by atoms with Crippen LogP contribution in [0, 0.1) is 0 Å². The van der Waals surface area contributed by atoms with Crippen molar-refractivity contribution in [3.8, 4) is 10.9 Å². The number of ketones is 1. The van der Waals surface area contributed by atoms with Crippen molar-refractivity contribution in [3.05, 3.63) is 86.4 Å².